The van der Waals surface area contributed by atoms with Crippen LogP contribution >= 0.6 is 0 Å². The zero-order chi connectivity index (χ0) is 17.0. The molecule has 0 atom stereocenters. The fourth-order valence-electron chi connectivity index (χ4n) is 2.99. The van der Waals surface area contributed by atoms with Crippen LogP contribution in [-0.2, 0) is 6.54 Å². The topological polar surface area (TPSA) is 86.9 Å². The molecule has 2 rings (SSSR count). The van der Waals surface area contributed by atoms with Gasteiger partial charge in [-0.05, 0) is 43.4 Å². The maximum atomic E-state index is 12.5. The van der Waals surface area contributed by atoms with Crippen molar-refractivity contribution in [3.63, 3.8) is 0 Å². The number of benzene rings is 1. The molecule has 0 unspecified atom stereocenters. The average molecular weight is 319 g/mol. The van der Waals surface area contributed by atoms with E-state index in [1.165, 1.54) is 0 Å². The van der Waals surface area contributed by atoms with Crippen LogP contribution in [0.25, 0.3) is 0 Å². The molecule has 6 nitrogen and oxygen atoms in total. The van der Waals surface area contributed by atoms with Crippen molar-refractivity contribution < 1.29 is 14.7 Å². The normalized spacial score (nSPS) is 20.8. The SMILES string of the molecule is CN(Cc1ccc(C(N)=O)cc1)C(=O)N(C)C1CCC(O)CC1. The number of aliphatic hydroxyl groups excluding tert-OH is 1. The Hall–Kier alpha value is -2.08. The molecule has 6 heteroatoms. The van der Waals surface area contributed by atoms with Gasteiger partial charge >= 0.3 is 6.03 Å². The van der Waals surface area contributed by atoms with Crippen LogP contribution in [0.1, 0.15) is 41.6 Å². The van der Waals surface area contributed by atoms with Crippen molar-refractivity contribution in [2.45, 2.75) is 44.4 Å². The van der Waals surface area contributed by atoms with Crippen LogP contribution in [0.3, 0.4) is 0 Å². The maximum Gasteiger partial charge on any atom is 0.320 e. The van der Waals surface area contributed by atoms with Crippen LogP contribution in [0.4, 0.5) is 4.79 Å². The van der Waals surface area contributed by atoms with Gasteiger partial charge in [0.15, 0.2) is 0 Å². The molecule has 0 saturated heterocycles. The maximum absolute atomic E-state index is 12.5. The second-order valence-electron chi connectivity index (χ2n) is 6.27. The number of hydrogen-bond acceptors (Lipinski definition) is 3. The van der Waals surface area contributed by atoms with E-state index in [4.69, 9.17) is 5.73 Å². The van der Waals surface area contributed by atoms with Gasteiger partial charge in [-0.15, -0.1) is 0 Å². The first-order valence-corrected chi connectivity index (χ1v) is 7.93. The summed E-state index contributed by atoms with van der Waals surface area (Å²) in [6.45, 7) is 0.470. The zero-order valence-electron chi connectivity index (χ0n) is 13.7. The van der Waals surface area contributed by atoms with E-state index in [9.17, 15) is 14.7 Å². The quantitative estimate of drug-likeness (QED) is 0.883. The first kappa shape index (κ1) is 17.3. The molecule has 126 valence electrons. The monoisotopic (exact) mass is 319 g/mol. The predicted molar refractivity (Wildman–Crippen MR) is 87.8 cm³/mol. The highest BCUT2D eigenvalue weighted by Gasteiger charge is 2.27. The Labute approximate surface area is 136 Å². The number of rotatable bonds is 4. The van der Waals surface area contributed by atoms with Crippen LogP contribution < -0.4 is 5.73 Å². The molecule has 0 spiro atoms. The van der Waals surface area contributed by atoms with Crippen LogP contribution in [0.15, 0.2) is 24.3 Å². The molecule has 1 fully saturated rings. The van der Waals surface area contributed by atoms with Crippen molar-refractivity contribution in [2.24, 2.45) is 5.73 Å². The molecule has 1 saturated carbocycles. The summed E-state index contributed by atoms with van der Waals surface area (Å²) in [5.41, 5.74) is 6.62. The molecular weight excluding hydrogens is 294 g/mol. The molecule has 1 aliphatic rings. The number of hydrogen-bond donors (Lipinski definition) is 2. The van der Waals surface area contributed by atoms with Crippen molar-refractivity contribution in [3.8, 4) is 0 Å². The molecule has 0 heterocycles. The Balaban J connectivity index is 1.92. The van der Waals surface area contributed by atoms with Gasteiger partial charge < -0.3 is 20.6 Å². The molecule has 0 bridgehead atoms. The molecule has 0 aromatic heterocycles. The lowest BCUT2D eigenvalue weighted by molar-refractivity contribution is 0.0841. The van der Waals surface area contributed by atoms with E-state index >= 15 is 0 Å². The Morgan fingerprint density at radius 1 is 1.13 bits per heavy atom. The number of amides is 3. The number of carbonyl (C=O) groups is 2. The smallest absolute Gasteiger partial charge is 0.320 e. The summed E-state index contributed by atoms with van der Waals surface area (Å²) in [5.74, 6) is -0.458. The van der Waals surface area contributed by atoms with E-state index in [0.29, 0.717) is 12.1 Å². The predicted octanol–water partition coefficient (Wildman–Crippen LogP) is 1.57. The van der Waals surface area contributed by atoms with Gasteiger partial charge in [-0.2, -0.15) is 0 Å². The number of aliphatic hydroxyl groups is 1. The molecule has 3 amide bonds. The zero-order valence-corrected chi connectivity index (χ0v) is 13.7. The summed E-state index contributed by atoms with van der Waals surface area (Å²) >= 11 is 0. The molecule has 23 heavy (non-hydrogen) atoms. The van der Waals surface area contributed by atoms with Gasteiger partial charge in [0.1, 0.15) is 0 Å². The minimum absolute atomic E-state index is 0.0367. The molecule has 0 radical (unpaired) electrons. The van der Waals surface area contributed by atoms with Crippen molar-refractivity contribution in [2.75, 3.05) is 14.1 Å². The minimum atomic E-state index is -0.458. The molecule has 0 aliphatic heterocycles. The van der Waals surface area contributed by atoms with Gasteiger partial charge in [-0.25, -0.2) is 4.79 Å². The van der Waals surface area contributed by atoms with Crippen molar-refractivity contribution in [1.82, 2.24) is 9.80 Å². The number of urea groups is 1. The summed E-state index contributed by atoms with van der Waals surface area (Å²) in [6, 6.07) is 7.10. The summed E-state index contributed by atoms with van der Waals surface area (Å²) < 4.78 is 0. The summed E-state index contributed by atoms with van der Waals surface area (Å²) in [4.78, 5) is 27.0. The Bertz CT molecular complexity index is 551. The van der Waals surface area contributed by atoms with E-state index in [1.54, 1.807) is 41.1 Å². The highest BCUT2D eigenvalue weighted by Crippen LogP contribution is 2.23. The molecule has 1 aromatic rings. The van der Waals surface area contributed by atoms with Crippen molar-refractivity contribution in [3.05, 3.63) is 35.4 Å². The Kier molecular flexibility index (Phi) is 5.60. The fraction of sp³-hybridized carbons (Fsp3) is 0.529. The first-order valence-electron chi connectivity index (χ1n) is 7.93. The first-order chi connectivity index (χ1) is 10.9. The lowest BCUT2D eigenvalue weighted by Gasteiger charge is -2.35. The van der Waals surface area contributed by atoms with Crippen LogP contribution in [-0.4, -0.2) is 53.1 Å². The van der Waals surface area contributed by atoms with E-state index in [-0.39, 0.29) is 18.2 Å². The molecule has 1 aromatic carbocycles. The summed E-state index contributed by atoms with van der Waals surface area (Å²) in [6.07, 6.45) is 2.95. The van der Waals surface area contributed by atoms with Crippen molar-refractivity contribution in [1.29, 1.82) is 0 Å². The summed E-state index contributed by atoms with van der Waals surface area (Å²) in [5, 5.41) is 9.57. The largest absolute Gasteiger partial charge is 0.393 e. The van der Waals surface area contributed by atoms with Gasteiger partial charge in [0.05, 0.1) is 6.10 Å². The number of carbonyl (C=O) groups excluding carboxylic acids is 2. The van der Waals surface area contributed by atoms with Gasteiger partial charge in [0.2, 0.25) is 5.91 Å². The van der Waals surface area contributed by atoms with Crippen LogP contribution in [0, 0.1) is 0 Å². The highest BCUT2D eigenvalue weighted by molar-refractivity contribution is 5.92. The summed E-state index contributed by atoms with van der Waals surface area (Å²) in [7, 11) is 3.58. The van der Waals surface area contributed by atoms with E-state index < -0.39 is 5.91 Å². The standard InChI is InChI=1S/C17H25N3O3/c1-19(11-12-3-5-13(6-4-12)16(18)22)17(23)20(2)14-7-9-15(21)10-8-14/h3-6,14-15,21H,7-11H2,1-2H3,(H2,18,22). The third kappa shape index (κ3) is 4.45. The lowest BCUT2D eigenvalue weighted by Crippen LogP contribution is -2.45. The second-order valence-corrected chi connectivity index (χ2v) is 6.27. The number of nitrogens with zero attached hydrogens (tertiary/aromatic N) is 2. The molecular formula is C17H25N3O3. The molecule has 3 N–H and O–H groups in total. The lowest BCUT2D eigenvalue weighted by atomic mass is 9.92. The molecule has 1 aliphatic carbocycles. The van der Waals surface area contributed by atoms with E-state index in [0.717, 1.165) is 31.2 Å². The van der Waals surface area contributed by atoms with Crippen LogP contribution in [0.2, 0.25) is 0 Å². The number of nitrogens with two attached hydrogens (primary N) is 1. The van der Waals surface area contributed by atoms with Gasteiger partial charge in [0, 0.05) is 32.2 Å². The van der Waals surface area contributed by atoms with E-state index in [1.807, 2.05) is 7.05 Å². The average Bonchev–Trinajstić information content (AvgIpc) is 2.54. The third-order valence-electron chi connectivity index (χ3n) is 4.50. The van der Waals surface area contributed by atoms with Gasteiger partial charge in [-0.1, -0.05) is 12.1 Å². The van der Waals surface area contributed by atoms with E-state index in [2.05, 4.69) is 0 Å². The Morgan fingerprint density at radius 3 is 2.22 bits per heavy atom. The van der Waals surface area contributed by atoms with Gasteiger partial charge in [-0.3, -0.25) is 4.79 Å². The van der Waals surface area contributed by atoms with Crippen LogP contribution in [0.5, 0.6) is 0 Å². The second kappa shape index (κ2) is 7.46. The van der Waals surface area contributed by atoms with Gasteiger partial charge in [0.25, 0.3) is 0 Å². The minimum Gasteiger partial charge on any atom is -0.393 e. The highest BCUT2D eigenvalue weighted by atomic mass is 16.3. The third-order valence-corrected chi connectivity index (χ3v) is 4.50. The fourth-order valence-corrected chi connectivity index (χ4v) is 2.99. The Morgan fingerprint density at radius 2 is 1.70 bits per heavy atom. The number of primary amides is 1. The van der Waals surface area contributed by atoms with Crippen molar-refractivity contribution >= 4 is 11.9 Å².